The maximum Gasteiger partial charge on any atom is 0.410 e. The van der Waals surface area contributed by atoms with Crippen LogP contribution in [0.25, 0.3) is 33.6 Å². The predicted octanol–water partition coefficient (Wildman–Crippen LogP) is 9.61. The van der Waals surface area contributed by atoms with Gasteiger partial charge in [-0.1, -0.05) is 38.8 Å². The van der Waals surface area contributed by atoms with E-state index in [2.05, 4.69) is 64.9 Å². The van der Waals surface area contributed by atoms with Crippen LogP contribution in [0.4, 0.5) is 39.7 Å². The Kier molecular flexibility index (Phi) is 18.2. The average Bonchev–Trinajstić information content (AvgIpc) is 4.22. The maximum absolute atomic E-state index is 13.8. The lowest BCUT2D eigenvalue weighted by Gasteiger charge is -2.36. The fourth-order valence-corrected chi connectivity index (χ4v) is 10.9. The summed E-state index contributed by atoms with van der Waals surface area (Å²) in [7, 11) is 0. The number of nitrogens with one attached hydrogen (secondary N) is 3. The molecule has 3 N–H and O–H groups in total. The normalized spacial score (nSPS) is 16.1. The van der Waals surface area contributed by atoms with Crippen LogP contribution in [0.1, 0.15) is 120 Å². The molecule has 0 unspecified atom stereocenters. The molecule has 10 rings (SSSR count). The van der Waals surface area contributed by atoms with E-state index >= 15 is 0 Å². The zero-order valence-corrected chi connectivity index (χ0v) is 47.0. The number of nitrogens with zero attached hydrogens (tertiary/aromatic N) is 11. The smallest absolute Gasteiger partial charge is 0.410 e. The van der Waals surface area contributed by atoms with E-state index in [1.165, 1.54) is 0 Å². The quantitative estimate of drug-likeness (QED) is 0.0867. The third-order valence-electron chi connectivity index (χ3n) is 14.7. The van der Waals surface area contributed by atoms with E-state index in [1.54, 1.807) is 23.5 Å². The van der Waals surface area contributed by atoms with E-state index in [1.807, 2.05) is 82.0 Å². The Labute approximate surface area is 462 Å². The highest BCUT2D eigenvalue weighted by Crippen LogP contribution is 2.35. The number of fused-ring (bicyclic) bond motifs is 2. The van der Waals surface area contributed by atoms with E-state index in [0.29, 0.717) is 96.9 Å². The van der Waals surface area contributed by atoms with Crippen LogP contribution in [0.15, 0.2) is 71.8 Å². The SMILES string of the molecule is C=C(OCC)c1c(C)c2cnc(Nc3ccc(N4CCN(C(=O)OC(C)(C)C)CC4)cn3)nc2n(C2CCCC2)c1=O.C=C(OCC)c1c(C)c2cnc(Nc3ccc(N4CCNCC4)cn3)nc2n(C2CCCC2)c1=O.Cl. The minimum Gasteiger partial charge on any atom is -0.494 e. The van der Waals surface area contributed by atoms with E-state index < -0.39 is 5.60 Å². The fourth-order valence-electron chi connectivity index (χ4n) is 10.9. The molecule has 1 amide bonds. The van der Waals surface area contributed by atoms with Crippen LogP contribution < -0.4 is 36.9 Å². The molecule has 2 aliphatic heterocycles. The molecule has 21 heteroatoms. The van der Waals surface area contributed by atoms with Crippen LogP contribution in [0.3, 0.4) is 0 Å². The van der Waals surface area contributed by atoms with Gasteiger partial charge in [-0.2, -0.15) is 9.97 Å². The summed E-state index contributed by atoms with van der Waals surface area (Å²) in [6, 6.07) is 8.06. The molecule has 20 nitrogen and oxygen atoms in total. The molecule has 2 saturated carbocycles. The predicted molar refractivity (Wildman–Crippen MR) is 311 cm³/mol. The summed E-state index contributed by atoms with van der Waals surface area (Å²) >= 11 is 0. The topological polar surface area (TPSA) is 212 Å². The zero-order valence-electron chi connectivity index (χ0n) is 46.2. The summed E-state index contributed by atoms with van der Waals surface area (Å²) < 4.78 is 20.4. The Morgan fingerprint density at radius 2 is 1.06 bits per heavy atom. The highest BCUT2D eigenvalue weighted by atomic mass is 35.5. The first kappa shape index (κ1) is 56.9. The van der Waals surface area contributed by atoms with Gasteiger partial charge in [-0.3, -0.25) is 18.7 Å². The van der Waals surface area contributed by atoms with Gasteiger partial charge in [0.1, 0.15) is 40.0 Å². The second-order valence-electron chi connectivity index (χ2n) is 21.0. The van der Waals surface area contributed by atoms with Gasteiger partial charge in [-0.15, -0.1) is 12.4 Å². The number of amides is 1. The number of hydrogen-bond donors (Lipinski definition) is 3. The fraction of sp³-hybridized carbons (Fsp3) is 0.491. The highest BCUT2D eigenvalue weighted by Gasteiger charge is 2.29. The van der Waals surface area contributed by atoms with Gasteiger partial charge in [0.15, 0.2) is 0 Å². The van der Waals surface area contributed by atoms with Crippen LogP contribution in [0.2, 0.25) is 0 Å². The lowest BCUT2D eigenvalue weighted by Crippen LogP contribution is -2.50. The first-order valence-corrected chi connectivity index (χ1v) is 27.2. The number of rotatable bonds is 14. The number of hydrogen-bond acceptors (Lipinski definition) is 17. The Morgan fingerprint density at radius 3 is 1.45 bits per heavy atom. The van der Waals surface area contributed by atoms with Crippen molar-refractivity contribution in [1.82, 2.24) is 49.3 Å². The monoisotopic (exact) mass is 1090 g/mol. The molecule has 0 atom stereocenters. The number of piperazine rings is 2. The molecule has 2 aliphatic carbocycles. The molecular formula is C57H75ClN14O6. The number of ether oxygens (including phenoxy) is 3. The molecule has 6 aromatic rings. The molecule has 78 heavy (non-hydrogen) atoms. The second kappa shape index (κ2) is 25.0. The number of carbonyl (C=O) groups is 1. The molecule has 0 aromatic carbocycles. The largest absolute Gasteiger partial charge is 0.494 e. The van der Waals surface area contributed by atoms with Gasteiger partial charge in [0.2, 0.25) is 11.9 Å². The van der Waals surface area contributed by atoms with Crippen molar-refractivity contribution < 1.29 is 19.0 Å². The van der Waals surface area contributed by atoms with Gasteiger partial charge in [-0.25, -0.2) is 24.7 Å². The standard InChI is InChI=1S/C31H41N7O4.C26H33N7O2.ClH/c1-7-41-21(3)26-20(2)24-19-33-29(35-27(24)38(28(26)39)22-10-8-9-11-22)34-25-13-12-23(18-32-25)36-14-16-37(17-15-36)30(40)42-31(4,5)6;1-4-35-18(3)23-17(2)21-16-29-26(31-24(21)33(25(23)34)19-7-5-6-8-19)30-22-10-9-20(15-28-22)32-13-11-27-12-14-32;/h12-13,18-19,22H,3,7-11,14-17H2,1-2,4-6H3,(H,32,33,34,35);9-10,15-16,19,27H,3-8,11-14H2,1-2H3,(H,28,29,30,31);1H. The number of pyridine rings is 4. The molecule has 4 fully saturated rings. The van der Waals surface area contributed by atoms with Gasteiger partial charge in [0.25, 0.3) is 11.1 Å². The maximum atomic E-state index is 13.8. The van der Waals surface area contributed by atoms with E-state index in [4.69, 9.17) is 24.2 Å². The van der Waals surface area contributed by atoms with Crippen LogP contribution in [0, 0.1) is 13.8 Å². The van der Waals surface area contributed by atoms with E-state index in [0.717, 1.165) is 111 Å². The van der Waals surface area contributed by atoms with Crippen molar-refractivity contribution in [3.8, 4) is 0 Å². The summed E-state index contributed by atoms with van der Waals surface area (Å²) in [5, 5.41) is 11.4. The Morgan fingerprint density at radius 1 is 0.641 bits per heavy atom. The number of halogens is 1. The van der Waals surface area contributed by atoms with Gasteiger partial charge < -0.3 is 44.9 Å². The Hall–Kier alpha value is -7.32. The molecule has 416 valence electrons. The highest BCUT2D eigenvalue weighted by molar-refractivity contribution is 5.86. The van der Waals surface area contributed by atoms with Crippen molar-refractivity contribution in [2.75, 3.05) is 86.0 Å². The number of anilines is 6. The van der Waals surface area contributed by atoms with Gasteiger partial charge >= 0.3 is 6.09 Å². The molecule has 2 saturated heterocycles. The number of carbonyl (C=O) groups excluding carboxylic acids is 1. The minimum absolute atomic E-state index is 0. The van der Waals surface area contributed by atoms with Gasteiger partial charge in [0, 0.05) is 87.6 Å². The van der Waals surface area contributed by atoms with Crippen molar-refractivity contribution in [2.24, 2.45) is 0 Å². The lowest BCUT2D eigenvalue weighted by molar-refractivity contribution is 0.0240. The molecular weight excluding hydrogens is 1010 g/mol. The lowest BCUT2D eigenvalue weighted by atomic mass is 10.0. The Bertz CT molecular complexity index is 3230. The van der Waals surface area contributed by atoms with E-state index in [9.17, 15) is 14.4 Å². The molecule has 0 radical (unpaired) electrons. The molecule has 8 heterocycles. The summed E-state index contributed by atoms with van der Waals surface area (Å²) in [5.74, 6) is 2.83. The first-order valence-electron chi connectivity index (χ1n) is 27.2. The van der Waals surface area contributed by atoms with Crippen LogP contribution >= 0.6 is 12.4 Å². The second-order valence-corrected chi connectivity index (χ2v) is 21.0. The van der Waals surface area contributed by atoms with E-state index in [-0.39, 0.29) is 41.7 Å². The first-order chi connectivity index (χ1) is 37.1. The molecule has 4 aliphatic rings. The summed E-state index contributed by atoms with van der Waals surface area (Å²) in [6.45, 7) is 28.6. The molecule has 6 aromatic heterocycles. The molecule has 0 bridgehead atoms. The van der Waals surface area contributed by atoms with Crippen LogP contribution in [-0.2, 0) is 14.2 Å². The Balaban J connectivity index is 0.000000206. The summed E-state index contributed by atoms with van der Waals surface area (Å²) in [5.41, 5.74) is 5.16. The number of aryl methyl sites for hydroxylation is 2. The number of aromatic nitrogens is 8. The molecule has 0 spiro atoms. The summed E-state index contributed by atoms with van der Waals surface area (Å²) in [6.07, 6.45) is 15.1. The third-order valence-corrected chi connectivity index (χ3v) is 14.7. The third kappa shape index (κ3) is 12.7. The van der Waals surface area contributed by atoms with Gasteiger partial charge in [0.05, 0.1) is 48.1 Å². The van der Waals surface area contributed by atoms with Crippen LogP contribution in [0.5, 0.6) is 0 Å². The van der Waals surface area contributed by atoms with Crippen molar-refractivity contribution in [3.63, 3.8) is 0 Å². The van der Waals surface area contributed by atoms with Gasteiger partial charge in [-0.05, 0) is 110 Å². The van der Waals surface area contributed by atoms with Crippen molar-refractivity contribution in [1.29, 1.82) is 0 Å². The zero-order chi connectivity index (χ0) is 54.4. The average molecular weight is 1090 g/mol. The van der Waals surface area contributed by atoms with Crippen molar-refractivity contribution in [2.45, 2.75) is 118 Å². The minimum atomic E-state index is -0.510. The van der Waals surface area contributed by atoms with Crippen molar-refractivity contribution in [3.05, 3.63) is 105 Å². The summed E-state index contributed by atoms with van der Waals surface area (Å²) in [4.78, 5) is 74.0. The van der Waals surface area contributed by atoms with Crippen molar-refractivity contribution >= 4 is 87.0 Å². The van der Waals surface area contributed by atoms with Crippen LogP contribution in [-0.4, -0.2) is 121 Å².